The number of ether oxygens (including phenoxy) is 1. The van der Waals surface area contributed by atoms with Crippen LogP contribution in [0.15, 0.2) is 5.38 Å². The largest absolute Gasteiger partial charge is 0.377 e. The molecule has 19 heavy (non-hydrogen) atoms. The summed E-state index contributed by atoms with van der Waals surface area (Å²) in [5, 5.41) is 3.28. The first-order valence-corrected chi connectivity index (χ1v) is 8.55. The smallest absolute Gasteiger partial charge is 0.110 e. The predicted molar refractivity (Wildman–Crippen MR) is 80.9 cm³/mol. The summed E-state index contributed by atoms with van der Waals surface area (Å²) in [6, 6.07) is 0.415. The maximum Gasteiger partial charge on any atom is 0.110 e. The fourth-order valence-corrected chi connectivity index (χ4v) is 3.84. The molecule has 2 atom stereocenters. The van der Waals surface area contributed by atoms with E-state index in [1.54, 1.807) is 11.3 Å². The van der Waals surface area contributed by atoms with Gasteiger partial charge in [-0.3, -0.25) is 4.90 Å². The van der Waals surface area contributed by atoms with Gasteiger partial charge in [0.05, 0.1) is 23.7 Å². The van der Waals surface area contributed by atoms with E-state index in [2.05, 4.69) is 29.1 Å². The molecule has 108 valence electrons. The Morgan fingerprint density at radius 2 is 2.42 bits per heavy atom. The van der Waals surface area contributed by atoms with Crippen LogP contribution in [0.25, 0.3) is 0 Å². The molecule has 2 rings (SSSR count). The van der Waals surface area contributed by atoms with E-state index >= 15 is 0 Å². The van der Waals surface area contributed by atoms with Crippen LogP contribution >= 0.6 is 22.9 Å². The number of hydrogen-bond acceptors (Lipinski definition) is 4. The zero-order valence-electron chi connectivity index (χ0n) is 11.8. The summed E-state index contributed by atoms with van der Waals surface area (Å²) in [4.78, 5) is 7.20. The first-order chi connectivity index (χ1) is 9.28. The van der Waals surface area contributed by atoms with Crippen molar-refractivity contribution >= 4 is 22.9 Å². The molecule has 0 saturated carbocycles. The molecule has 0 radical (unpaired) electrons. The van der Waals surface area contributed by atoms with Crippen molar-refractivity contribution in [1.29, 1.82) is 0 Å². The topological polar surface area (TPSA) is 25.4 Å². The molecule has 0 aliphatic carbocycles. The average Bonchev–Trinajstić information content (AvgIpc) is 2.78. The Morgan fingerprint density at radius 3 is 3.05 bits per heavy atom. The normalized spacial score (nSPS) is 23.2. The monoisotopic (exact) mass is 302 g/mol. The highest BCUT2D eigenvalue weighted by Crippen LogP contribution is 2.29. The molecular weight excluding hydrogens is 280 g/mol. The van der Waals surface area contributed by atoms with Gasteiger partial charge in [-0.15, -0.1) is 22.9 Å². The van der Waals surface area contributed by atoms with Crippen molar-refractivity contribution in [3.05, 3.63) is 16.1 Å². The fraction of sp³-hybridized carbons (Fsp3) is 0.786. The Morgan fingerprint density at radius 1 is 1.58 bits per heavy atom. The van der Waals surface area contributed by atoms with Crippen LogP contribution in [0.4, 0.5) is 0 Å². The average molecular weight is 303 g/mol. The van der Waals surface area contributed by atoms with Crippen molar-refractivity contribution < 1.29 is 4.74 Å². The summed E-state index contributed by atoms with van der Waals surface area (Å²) in [7, 11) is 0. The second-order valence-corrected chi connectivity index (χ2v) is 6.14. The Bertz CT molecular complexity index is 385. The van der Waals surface area contributed by atoms with Crippen LogP contribution in [0.3, 0.4) is 0 Å². The highest BCUT2D eigenvalue weighted by Gasteiger charge is 2.26. The van der Waals surface area contributed by atoms with Gasteiger partial charge >= 0.3 is 0 Å². The van der Waals surface area contributed by atoms with Crippen molar-refractivity contribution in [1.82, 2.24) is 9.88 Å². The standard InChI is InChI=1S/C14H23ClN2OS/c1-3-12-9-17(6-5-7-18-12)13(4-2)14-16-11(8-15)10-19-14/h10,12-13H,3-9H2,1-2H3. The molecule has 0 N–H and O–H groups in total. The number of thiazole rings is 1. The lowest BCUT2D eigenvalue weighted by molar-refractivity contribution is 0.0448. The van der Waals surface area contributed by atoms with Crippen LogP contribution in [0.1, 0.15) is 49.9 Å². The summed E-state index contributed by atoms with van der Waals surface area (Å²) in [6.07, 6.45) is 3.65. The molecule has 5 heteroatoms. The Labute approximate surface area is 124 Å². The quantitative estimate of drug-likeness (QED) is 0.773. The molecule has 0 amide bonds. The minimum Gasteiger partial charge on any atom is -0.377 e. The number of aromatic nitrogens is 1. The third-order valence-corrected chi connectivity index (χ3v) is 4.92. The number of nitrogens with zero attached hydrogens (tertiary/aromatic N) is 2. The molecule has 0 bridgehead atoms. The molecule has 0 spiro atoms. The van der Waals surface area contributed by atoms with Crippen molar-refractivity contribution in [3.8, 4) is 0 Å². The lowest BCUT2D eigenvalue weighted by atomic mass is 10.1. The van der Waals surface area contributed by atoms with E-state index in [1.807, 2.05) is 0 Å². The third-order valence-electron chi connectivity index (χ3n) is 3.66. The molecule has 1 aliphatic rings. The second-order valence-electron chi connectivity index (χ2n) is 4.98. The Balaban J connectivity index is 2.10. The molecule has 1 fully saturated rings. The van der Waals surface area contributed by atoms with Gasteiger partial charge in [-0.25, -0.2) is 4.98 Å². The van der Waals surface area contributed by atoms with Gasteiger partial charge < -0.3 is 4.74 Å². The van der Waals surface area contributed by atoms with E-state index in [4.69, 9.17) is 16.3 Å². The van der Waals surface area contributed by atoms with Gasteiger partial charge in [0.1, 0.15) is 5.01 Å². The van der Waals surface area contributed by atoms with Gasteiger partial charge in [-0.05, 0) is 19.3 Å². The highest BCUT2D eigenvalue weighted by atomic mass is 35.5. The number of halogens is 1. The van der Waals surface area contributed by atoms with Gasteiger partial charge in [0, 0.05) is 25.1 Å². The van der Waals surface area contributed by atoms with Crippen molar-refractivity contribution in [2.24, 2.45) is 0 Å². The van der Waals surface area contributed by atoms with Gasteiger partial charge in [0.2, 0.25) is 0 Å². The van der Waals surface area contributed by atoms with Crippen molar-refractivity contribution in [3.63, 3.8) is 0 Å². The van der Waals surface area contributed by atoms with E-state index < -0.39 is 0 Å². The lowest BCUT2D eigenvalue weighted by Crippen LogP contribution is -2.34. The van der Waals surface area contributed by atoms with Gasteiger partial charge in [-0.2, -0.15) is 0 Å². The van der Waals surface area contributed by atoms with Crippen molar-refractivity contribution in [2.75, 3.05) is 19.7 Å². The van der Waals surface area contributed by atoms with Crippen LogP contribution in [0.2, 0.25) is 0 Å². The minimum atomic E-state index is 0.365. The van der Waals surface area contributed by atoms with E-state index in [0.29, 0.717) is 18.0 Å². The number of rotatable bonds is 5. The summed E-state index contributed by atoms with van der Waals surface area (Å²) in [6.45, 7) is 7.44. The molecule has 1 aliphatic heterocycles. The van der Waals surface area contributed by atoms with E-state index in [-0.39, 0.29) is 0 Å². The summed E-state index contributed by atoms with van der Waals surface area (Å²) < 4.78 is 5.86. The van der Waals surface area contributed by atoms with Crippen LogP contribution < -0.4 is 0 Å². The third kappa shape index (κ3) is 3.91. The van der Waals surface area contributed by atoms with Gasteiger partial charge in [0.15, 0.2) is 0 Å². The maximum absolute atomic E-state index is 5.86. The minimum absolute atomic E-state index is 0.365. The van der Waals surface area contributed by atoms with E-state index in [9.17, 15) is 0 Å². The molecule has 1 saturated heterocycles. The molecule has 2 unspecified atom stereocenters. The molecule has 1 aromatic heterocycles. The molecule has 1 aromatic rings. The fourth-order valence-electron chi connectivity index (χ4n) is 2.58. The zero-order chi connectivity index (χ0) is 13.7. The second kappa shape index (κ2) is 7.58. The van der Waals surface area contributed by atoms with Crippen LogP contribution in [-0.4, -0.2) is 35.7 Å². The maximum atomic E-state index is 5.86. The SMILES string of the molecule is CCC1CN(C(CC)c2nc(CCl)cs2)CCCO1. The number of alkyl halides is 1. The van der Waals surface area contributed by atoms with Crippen LogP contribution in [-0.2, 0) is 10.6 Å². The van der Waals surface area contributed by atoms with Crippen molar-refractivity contribution in [2.45, 2.75) is 51.1 Å². The lowest BCUT2D eigenvalue weighted by Gasteiger charge is -2.30. The summed E-state index contributed by atoms with van der Waals surface area (Å²) in [5.74, 6) is 0.508. The van der Waals surface area contributed by atoms with Gasteiger partial charge in [-0.1, -0.05) is 13.8 Å². The first kappa shape index (κ1) is 15.2. The van der Waals surface area contributed by atoms with Gasteiger partial charge in [0.25, 0.3) is 0 Å². The zero-order valence-corrected chi connectivity index (χ0v) is 13.3. The Kier molecular flexibility index (Phi) is 6.07. The predicted octanol–water partition coefficient (Wildman–Crippen LogP) is 3.83. The molecular formula is C14H23ClN2OS. The van der Waals surface area contributed by atoms with E-state index in [0.717, 1.165) is 44.7 Å². The van der Waals surface area contributed by atoms with Crippen LogP contribution in [0, 0.1) is 0 Å². The first-order valence-electron chi connectivity index (χ1n) is 7.14. The van der Waals surface area contributed by atoms with E-state index in [1.165, 1.54) is 5.01 Å². The Hall–Kier alpha value is -0.160. The van der Waals surface area contributed by atoms with Crippen LogP contribution in [0.5, 0.6) is 0 Å². The molecule has 3 nitrogen and oxygen atoms in total. The summed E-state index contributed by atoms with van der Waals surface area (Å²) in [5.41, 5.74) is 0.998. The highest BCUT2D eigenvalue weighted by molar-refractivity contribution is 7.09. The summed E-state index contributed by atoms with van der Waals surface area (Å²) >= 11 is 7.59. The molecule has 2 heterocycles. The number of hydrogen-bond donors (Lipinski definition) is 0. The molecule has 0 aromatic carbocycles.